The summed E-state index contributed by atoms with van der Waals surface area (Å²) < 4.78 is 27.7. The molecule has 1 aromatic carbocycles. The summed E-state index contributed by atoms with van der Waals surface area (Å²) in [5.74, 6) is 0.411. The van der Waals surface area contributed by atoms with Crippen LogP contribution in [-0.2, 0) is 10.0 Å². The summed E-state index contributed by atoms with van der Waals surface area (Å²) in [6.07, 6.45) is 0.931. The highest BCUT2D eigenvalue weighted by molar-refractivity contribution is 9.10. The van der Waals surface area contributed by atoms with Gasteiger partial charge in [0, 0.05) is 4.47 Å². The maximum atomic E-state index is 12.0. The van der Waals surface area contributed by atoms with E-state index in [0.717, 1.165) is 29.5 Å². The second-order valence-corrected chi connectivity index (χ2v) is 7.38. The van der Waals surface area contributed by atoms with Gasteiger partial charge in [-0.25, -0.2) is 8.42 Å². The van der Waals surface area contributed by atoms with E-state index in [-0.39, 0.29) is 11.7 Å². The van der Waals surface area contributed by atoms with E-state index in [1.54, 1.807) is 6.07 Å². The molecule has 0 aliphatic carbocycles. The fraction of sp³-hybridized carbons (Fsp3) is 0.500. The van der Waals surface area contributed by atoms with Crippen molar-refractivity contribution in [2.45, 2.75) is 13.3 Å². The molecule has 6 heteroatoms. The van der Waals surface area contributed by atoms with Gasteiger partial charge in [-0.1, -0.05) is 15.9 Å². The number of benzene rings is 1. The van der Waals surface area contributed by atoms with Crippen LogP contribution in [0.25, 0.3) is 0 Å². The molecule has 1 heterocycles. The lowest BCUT2D eigenvalue weighted by molar-refractivity contribution is 0.575. The van der Waals surface area contributed by atoms with Gasteiger partial charge in [0.15, 0.2) is 0 Å². The zero-order valence-corrected chi connectivity index (χ0v) is 12.6. The van der Waals surface area contributed by atoms with Gasteiger partial charge in [0.2, 0.25) is 10.0 Å². The molecule has 0 amide bonds. The third-order valence-corrected chi connectivity index (χ3v) is 5.01. The van der Waals surface area contributed by atoms with Crippen LogP contribution >= 0.6 is 15.9 Å². The van der Waals surface area contributed by atoms with E-state index >= 15 is 0 Å². The Morgan fingerprint density at radius 1 is 1.50 bits per heavy atom. The van der Waals surface area contributed by atoms with Crippen molar-refractivity contribution in [1.29, 1.82) is 0 Å². The largest absolute Gasteiger partial charge is 0.316 e. The Bertz CT molecular complexity index is 525. The number of hydrogen-bond donors (Lipinski definition) is 2. The van der Waals surface area contributed by atoms with Gasteiger partial charge in [-0.3, -0.25) is 4.72 Å². The van der Waals surface area contributed by atoms with Crippen molar-refractivity contribution in [3.8, 4) is 0 Å². The van der Waals surface area contributed by atoms with Gasteiger partial charge < -0.3 is 5.32 Å². The molecule has 100 valence electrons. The van der Waals surface area contributed by atoms with Crippen LogP contribution in [0.1, 0.15) is 12.0 Å². The van der Waals surface area contributed by atoms with Crippen molar-refractivity contribution in [2.24, 2.45) is 5.92 Å². The molecular formula is C12H17BrN2O2S. The average Bonchev–Trinajstić information content (AvgIpc) is 2.74. The Morgan fingerprint density at radius 2 is 2.28 bits per heavy atom. The van der Waals surface area contributed by atoms with Gasteiger partial charge in [-0.2, -0.15) is 0 Å². The molecule has 4 nitrogen and oxygen atoms in total. The zero-order valence-electron chi connectivity index (χ0n) is 10.2. The van der Waals surface area contributed by atoms with E-state index in [1.165, 1.54) is 0 Å². The van der Waals surface area contributed by atoms with E-state index in [4.69, 9.17) is 0 Å². The fourth-order valence-electron chi connectivity index (χ4n) is 2.12. The van der Waals surface area contributed by atoms with Gasteiger partial charge in [-0.05, 0) is 56.1 Å². The maximum Gasteiger partial charge on any atom is 0.233 e. The summed E-state index contributed by atoms with van der Waals surface area (Å²) in [7, 11) is -3.26. The van der Waals surface area contributed by atoms with Crippen LogP contribution in [0.4, 0.5) is 5.69 Å². The normalized spacial score (nSPS) is 20.0. The minimum Gasteiger partial charge on any atom is -0.316 e. The van der Waals surface area contributed by atoms with Crippen molar-refractivity contribution in [3.63, 3.8) is 0 Å². The summed E-state index contributed by atoms with van der Waals surface area (Å²) in [6.45, 7) is 3.59. The van der Waals surface area contributed by atoms with E-state index in [2.05, 4.69) is 26.0 Å². The average molecular weight is 333 g/mol. The molecule has 2 N–H and O–H groups in total. The number of halogens is 1. The van der Waals surface area contributed by atoms with Gasteiger partial charge in [0.25, 0.3) is 0 Å². The Balaban J connectivity index is 2.07. The first kappa shape index (κ1) is 13.8. The number of nitrogens with one attached hydrogen (secondary N) is 2. The van der Waals surface area contributed by atoms with Crippen LogP contribution in [0.15, 0.2) is 22.7 Å². The van der Waals surface area contributed by atoms with Gasteiger partial charge in [0.1, 0.15) is 0 Å². The second-order valence-electron chi connectivity index (χ2n) is 4.70. The molecule has 0 spiro atoms. The third kappa shape index (κ3) is 3.70. The molecule has 1 fully saturated rings. The van der Waals surface area contributed by atoms with E-state index in [9.17, 15) is 8.42 Å². The molecule has 1 saturated heterocycles. The van der Waals surface area contributed by atoms with Crippen molar-refractivity contribution in [2.75, 3.05) is 23.6 Å². The Hall–Kier alpha value is -0.590. The molecule has 2 rings (SSSR count). The van der Waals surface area contributed by atoms with E-state index in [1.807, 2.05) is 19.1 Å². The van der Waals surface area contributed by atoms with Crippen LogP contribution < -0.4 is 10.0 Å². The Kier molecular flexibility index (Phi) is 4.29. The Morgan fingerprint density at radius 3 is 2.89 bits per heavy atom. The summed E-state index contributed by atoms with van der Waals surface area (Å²) in [5, 5.41) is 3.18. The van der Waals surface area contributed by atoms with Crippen molar-refractivity contribution >= 4 is 31.6 Å². The van der Waals surface area contributed by atoms with Crippen LogP contribution in [0.5, 0.6) is 0 Å². The zero-order chi connectivity index (χ0) is 13.2. The quantitative estimate of drug-likeness (QED) is 0.887. The lowest BCUT2D eigenvalue weighted by atomic mass is 10.2. The minimum absolute atomic E-state index is 0.190. The number of aryl methyl sites for hydroxylation is 1. The van der Waals surface area contributed by atoms with Crippen LogP contribution in [0.3, 0.4) is 0 Å². The predicted molar refractivity (Wildman–Crippen MR) is 77.3 cm³/mol. The first-order valence-electron chi connectivity index (χ1n) is 5.94. The highest BCUT2D eigenvalue weighted by atomic mass is 79.9. The standard InChI is InChI=1S/C12H17BrN2O2S/c1-9-6-11(13)2-3-12(9)15-18(16,17)8-10-4-5-14-7-10/h2-3,6,10,14-15H,4-5,7-8H2,1H3. The lowest BCUT2D eigenvalue weighted by Gasteiger charge is -2.13. The first-order chi connectivity index (χ1) is 8.46. The second kappa shape index (κ2) is 5.59. The molecule has 1 aliphatic rings. The SMILES string of the molecule is Cc1cc(Br)ccc1NS(=O)(=O)CC1CCNC1. The predicted octanol–water partition coefficient (Wildman–Crippen LogP) is 2.11. The van der Waals surface area contributed by atoms with Crippen molar-refractivity contribution in [1.82, 2.24) is 5.32 Å². The lowest BCUT2D eigenvalue weighted by Crippen LogP contribution is -2.24. The minimum atomic E-state index is -3.26. The third-order valence-electron chi connectivity index (χ3n) is 3.07. The molecule has 1 unspecified atom stereocenters. The van der Waals surface area contributed by atoms with E-state index < -0.39 is 10.0 Å². The van der Waals surface area contributed by atoms with Crippen LogP contribution in [0.2, 0.25) is 0 Å². The molecule has 1 aliphatic heterocycles. The van der Waals surface area contributed by atoms with Crippen molar-refractivity contribution < 1.29 is 8.42 Å². The summed E-state index contributed by atoms with van der Waals surface area (Å²) in [6, 6.07) is 5.51. The molecule has 0 radical (unpaired) electrons. The molecule has 1 atom stereocenters. The monoisotopic (exact) mass is 332 g/mol. The highest BCUT2D eigenvalue weighted by Gasteiger charge is 2.22. The van der Waals surface area contributed by atoms with Gasteiger partial charge in [-0.15, -0.1) is 0 Å². The van der Waals surface area contributed by atoms with Crippen LogP contribution in [-0.4, -0.2) is 27.3 Å². The molecular weight excluding hydrogens is 316 g/mol. The number of hydrogen-bond acceptors (Lipinski definition) is 3. The summed E-state index contributed by atoms with van der Waals surface area (Å²) >= 11 is 3.36. The smallest absolute Gasteiger partial charge is 0.233 e. The summed E-state index contributed by atoms with van der Waals surface area (Å²) in [5.41, 5.74) is 1.57. The molecule has 18 heavy (non-hydrogen) atoms. The maximum absolute atomic E-state index is 12.0. The highest BCUT2D eigenvalue weighted by Crippen LogP contribution is 2.22. The fourth-order valence-corrected chi connectivity index (χ4v) is 4.15. The molecule has 0 aromatic heterocycles. The van der Waals surface area contributed by atoms with Crippen LogP contribution in [0, 0.1) is 12.8 Å². The number of sulfonamides is 1. The number of rotatable bonds is 4. The van der Waals surface area contributed by atoms with Gasteiger partial charge in [0.05, 0.1) is 11.4 Å². The molecule has 0 saturated carbocycles. The Labute approximate surface area is 116 Å². The van der Waals surface area contributed by atoms with E-state index in [0.29, 0.717) is 5.69 Å². The number of anilines is 1. The summed E-state index contributed by atoms with van der Waals surface area (Å²) in [4.78, 5) is 0. The molecule has 0 bridgehead atoms. The van der Waals surface area contributed by atoms with Gasteiger partial charge >= 0.3 is 0 Å². The first-order valence-corrected chi connectivity index (χ1v) is 8.38. The molecule has 1 aromatic rings. The van der Waals surface area contributed by atoms with Crippen molar-refractivity contribution in [3.05, 3.63) is 28.2 Å². The topological polar surface area (TPSA) is 58.2 Å².